The first-order chi connectivity index (χ1) is 11.8. The van der Waals surface area contributed by atoms with Crippen molar-refractivity contribution in [2.75, 3.05) is 10.6 Å². The van der Waals surface area contributed by atoms with E-state index in [0.717, 1.165) is 11.4 Å². The Kier molecular flexibility index (Phi) is 4.50. The predicted molar refractivity (Wildman–Crippen MR) is 97.6 cm³/mol. The molecule has 0 radical (unpaired) electrons. The second kappa shape index (κ2) is 6.60. The normalized spacial score (nSPS) is 11.4. The number of nitrogens with zero attached hydrogens (tertiary/aromatic N) is 3. The number of rotatable bonds is 3. The number of fused-ring (bicyclic) bond motifs is 1. The molecule has 3 rings (SSSR count). The van der Waals surface area contributed by atoms with Crippen molar-refractivity contribution in [1.82, 2.24) is 14.6 Å². The van der Waals surface area contributed by atoms with E-state index in [9.17, 15) is 4.79 Å². The molecule has 3 aromatic rings. The van der Waals surface area contributed by atoms with Crippen LogP contribution in [-0.2, 0) is 4.74 Å². The van der Waals surface area contributed by atoms with Crippen LogP contribution in [0.4, 0.5) is 21.9 Å². The van der Waals surface area contributed by atoms with Crippen LogP contribution in [0.3, 0.4) is 0 Å². The fourth-order valence-electron chi connectivity index (χ4n) is 2.19. The highest BCUT2D eigenvalue weighted by atomic mass is 35.5. The zero-order valence-electron chi connectivity index (χ0n) is 14.1. The zero-order valence-corrected chi connectivity index (χ0v) is 14.8. The van der Waals surface area contributed by atoms with E-state index in [4.69, 9.17) is 16.3 Å². The van der Waals surface area contributed by atoms with Gasteiger partial charge in [0.25, 0.3) is 0 Å². The number of amides is 1. The summed E-state index contributed by atoms with van der Waals surface area (Å²) in [5.74, 6) is 0. The maximum atomic E-state index is 11.8. The molecule has 0 atom stereocenters. The van der Waals surface area contributed by atoms with Crippen LogP contribution in [0.15, 0.2) is 42.7 Å². The van der Waals surface area contributed by atoms with Crippen molar-refractivity contribution in [1.29, 1.82) is 0 Å². The predicted octanol–water partition coefficient (Wildman–Crippen LogP) is 4.47. The Labute approximate surface area is 150 Å². The van der Waals surface area contributed by atoms with Gasteiger partial charge in [0.1, 0.15) is 5.60 Å². The molecule has 0 bridgehead atoms. The number of carbonyl (C=O) groups is 1. The number of carbonyl (C=O) groups excluding carboxylic acids is 1. The summed E-state index contributed by atoms with van der Waals surface area (Å²) in [6.07, 6.45) is 2.88. The fourth-order valence-corrected chi connectivity index (χ4v) is 2.38. The summed E-state index contributed by atoms with van der Waals surface area (Å²) in [7, 11) is 0. The summed E-state index contributed by atoms with van der Waals surface area (Å²) in [4.78, 5) is 16.0. The summed E-state index contributed by atoms with van der Waals surface area (Å²) >= 11 is 6.02. The minimum atomic E-state index is -0.540. The molecular formula is C17H18ClN5O2. The van der Waals surface area contributed by atoms with Crippen LogP contribution in [0.1, 0.15) is 20.8 Å². The second-order valence-corrected chi connectivity index (χ2v) is 6.79. The number of imidazole rings is 1. The van der Waals surface area contributed by atoms with E-state index in [1.54, 1.807) is 35.1 Å². The number of hydrogen-bond acceptors (Lipinski definition) is 5. The van der Waals surface area contributed by atoms with E-state index in [-0.39, 0.29) is 0 Å². The van der Waals surface area contributed by atoms with E-state index >= 15 is 0 Å². The molecular weight excluding hydrogens is 342 g/mol. The largest absolute Gasteiger partial charge is 0.444 e. The quantitative estimate of drug-likeness (QED) is 0.721. The summed E-state index contributed by atoms with van der Waals surface area (Å²) < 4.78 is 6.82. The minimum Gasteiger partial charge on any atom is -0.444 e. The molecule has 0 saturated heterocycles. The van der Waals surface area contributed by atoms with Crippen molar-refractivity contribution >= 4 is 40.4 Å². The third-order valence-electron chi connectivity index (χ3n) is 3.14. The maximum absolute atomic E-state index is 11.8. The molecule has 25 heavy (non-hydrogen) atoms. The molecule has 2 heterocycles. The van der Waals surface area contributed by atoms with Gasteiger partial charge in [0.15, 0.2) is 10.8 Å². The molecule has 130 valence electrons. The first kappa shape index (κ1) is 17.0. The van der Waals surface area contributed by atoms with Gasteiger partial charge in [-0.3, -0.25) is 5.32 Å². The number of aromatic nitrogens is 3. The number of anilines is 3. The second-order valence-electron chi connectivity index (χ2n) is 6.41. The average Bonchev–Trinajstić information content (AvgIpc) is 2.95. The molecule has 0 aliphatic heterocycles. The van der Waals surface area contributed by atoms with Crippen LogP contribution in [0.2, 0.25) is 5.15 Å². The number of nitrogens with one attached hydrogen (secondary N) is 2. The van der Waals surface area contributed by atoms with Gasteiger partial charge in [-0.1, -0.05) is 11.6 Å². The Hall–Kier alpha value is -2.80. The van der Waals surface area contributed by atoms with Gasteiger partial charge in [0.05, 0.1) is 5.69 Å². The van der Waals surface area contributed by atoms with Crippen molar-refractivity contribution < 1.29 is 9.53 Å². The van der Waals surface area contributed by atoms with E-state index in [1.807, 2.05) is 32.9 Å². The highest BCUT2D eigenvalue weighted by Crippen LogP contribution is 2.24. The van der Waals surface area contributed by atoms with Gasteiger partial charge >= 0.3 is 6.09 Å². The first-order valence-corrected chi connectivity index (χ1v) is 8.05. The number of benzene rings is 1. The maximum Gasteiger partial charge on any atom is 0.412 e. The summed E-state index contributed by atoms with van der Waals surface area (Å²) in [5.41, 5.74) is 2.32. The lowest BCUT2D eigenvalue weighted by Crippen LogP contribution is -2.27. The van der Waals surface area contributed by atoms with Gasteiger partial charge in [0.2, 0.25) is 0 Å². The monoisotopic (exact) mass is 359 g/mol. The van der Waals surface area contributed by atoms with Crippen molar-refractivity contribution in [3.63, 3.8) is 0 Å². The lowest BCUT2D eigenvalue weighted by Gasteiger charge is -2.19. The highest BCUT2D eigenvalue weighted by Gasteiger charge is 2.16. The number of halogens is 1. The number of ether oxygens (including phenoxy) is 1. The van der Waals surface area contributed by atoms with Crippen molar-refractivity contribution in [3.05, 3.63) is 47.9 Å². The fraction of sp³-hybridized carbons (Fsp3) is 0.235. The topological polar surface area (TPSA) is 80.5 Å². The Morgan fingerprint density at radius 3 is 2.56 bits per heavy atom. The van der Waals surface area contributed by atoms with Crippen LogP contribution in [0, 0.1) is 0 Å². The summed E-state index contributed by atoms with van der Waals surface area (Å²) in [6, 6.07) is 8.92. The third kappa shape index (κ3) is 4.39. The van der Waals surface area contributed by atoms with Gasteiger partial charge in [-0.15, -0.1) is 0 Å². The average molecular weight is 360 g/mol. The van der Waals surface area contributed by atoms with E-state index in [2.05, 4.69) is 20.7 Å². The summed E-state index contributed by atoms with van der Waals surface area (Å²) in [6.45, 7) is 5.45. The first-order valence-electron chi connectivity index (χ1n) is 7.67. The lowest BCUT2D eigenvalue weighted by molar-refractivity contribution is 0.0636. The van der Waals surface area contributed by atoms with Gasteiger partial charge in [-0.25, -0.2) is 14.3 Å². The van der Waals surface area contributed by atoms with Crippen LogP contribution >= 0.6 is 11.6 Å². The van der Waals surface area contributed by atoms with Crippen LogP contribution in [-0.4, -0.2) is 26.3 Å². The van der Waals surface area contributed by atoms with E-state index in [0.29, 0.717) is 16.5 Å². The Morgan fingerprint density at radius 1 is 1.20 bits per heavy atom. The SMILES string of the molecule is CC(C)(C)OC(=O)Nc1ccc(Nc2cc(Cl)nn3ccnc23)cc1. The van der Waals surface area contributed by atoms with Crippen LogP contribution < -0.4 is 10.6 Å². The lowest BCUT2D eigenvalue weighted by atomic mass is 10.2. The molecule has 7 nitrogen and oxygen atoms in total. The molecule has 8 heteroatoms. The molecule has 0 aliphatic rings. The van der Waals surface area contributed by atoms with Crippen molar-refractivity contribution in [2.24, 2.45) is 0 Å². The molecule has 0 fully saturated rings. The number of hydrogen-bond donors (Lipinski definition) is 2. The molecule has 1 amide bonds. The van der Waals surface area contributed by atoms with Crippen LogP contribution in [0.25, 0.3) is 5.65 Å². The molecule has 0 aliphatic carbocycles. The van der Waals surface area contributed by atoms with Gasteiger partial charge < -0.3 is 10.1 Å². The Bertz CT molecular complexity index is 900. The van der Waals surface area contributed by atoms with Gasteiger partial charge in [-0.2, -0.15) is 5.10 Å². The van der Waals surface area contributed by atoms with Crippen molar-refractivity contribution in [2.45, 2.75) is 26.4 Å². The minimum absolute atomic E-state index is 0.358. The molecule has 1 aromatic carbocycles. The molecule has 2 aromatic heterocycles. The van der Waals surface area contributed by atoms with E-state index in [1.165, 1.54) is 0 Å². The Balaban J connectivity index is 1.72. The highest BCUT2D eigenvalue weighted by molar-refractivity contribution is 6.29. The zero-order chi connectivity index (χ0) is 18.0. The third-order valence-corrected chi connectivity index (χ3v) is 3.32. The van der Waals surface area contributed by atoms with Gasteiger partial charge in [-0.05, 0) is 45.0 Å². The van der Waals surface area contributed by atoms with Gasteiger partial charge in [0, 0.05) is 29.8 Å². The molecule has 0 spiro atoms. The van der Waals surface area contributed by atoms with Crippen molar-refractivity contribution in [3.8, 4) is 0 Å². The Morgan fingerprint density at radius 2 is 1.88 bits per heavy atom. The summed E-state index contributed by atoms with van der Waals surface area (Å²) in [5, 5.41) is 10.4. The standard InChI is InChI=1S/C17H18ClN5O2/c1-17(2,3)25-16(24)21-12-6-4-11(5-7-12)20-13-10-14(18)22-23-9-8-19-15(13)23/h4-10,20H,1-3H3,(H,21,24). The molecule has 0 unspecified atom stereocenters. The molecule has 0 saturated carbocycles. The van der Waals surface area contributed by atoms with Crippen LogP contribution in [0.5, 0.6) is 0 Å². The smallest absolute Gasteiger partial charge is 0.412 e. The molecule has 2 N–H and O–H groups in total. The van der Waals surface area contributed by atoms with E-state index < -0.39 is 11.7 Å².